The van der Waals surface area contributed by atoms with E-state index in [1.165, 1.54) is 0 Å². The van der Waals surface area contributed by atoms with Crippen molar-refractivity contribution in [3.63, 3.8) is 0 Å². The lowest BCUT2D eigenvalue weighted by molar-refractivity contribution is 0.425. The first-order valence-electron chi connectivity index (χ1n) is 5.72. The third-order valence-corrected chi connectivity index (χ3v) is 4.57. The molecule has 0 bridgehead atoms. The van der Waals surface area contributed by atoms with Crippen LogP contribution in [0.3, 0.4) is 0 Å². The van der Waals surface area contributed by atoms with Crippen LogP contribution >= 0.6 is 0 Å². The summed E-state index contributed by atoms with van der Waals surface area (Å²) < 4.78 is 50.3. The molecule has 0 spiro atoms. The molecule has 0 unspecified atom stereocenters. The van der Waals surface area contributed by atoms with Crippen LogP contribution in [0.4, 0.5) is 8.78 Å². The minimum absolute atomic E-state index is 0.0740. The Kier molecular flexibility index (Phi) is 3.19. The van der Waals surface area contributed by atoms with E-state index in [2.05, 4.69) is 0 Å². The fourth-order valence-electron chi connectivity index (χ4n) is 2.47. The van der Waals surface area contributed by atoms with E-state index in [4.69, 9.17) is 5.73 Å². The third kappa shape index (κ3) is 2.27. The highest BCUT2D eigenvalue weighted by Crippen LogP contribution is 2.38. The lowest BCUT2D eigenvalue weighted by atomic mass is 9.89. The summed E-state index contributed by atoms with van der Waals surface area (Å²) in [5, 5.41) is 0. The maximum atomic E-state index is 13.9. The number of nitrogens with two attached hydrogens (primary N) is 1. The van der Waals surface area contributed by atoms with Gasteiger partial charge in [-0.15, -0.1) is 0 Å². The Labute approximate surface area is 105 Å². The normalized spacial score (nSPS) is 19.1. The first kappa shape index (κ1) is 13.4. The van der Waals surface area contributed by atoms with Gasteiger partial charge in [-0.1, -0.05) is 12.8 Å². The summed E-state index contributed by atoms with van der Waals surface area (Å²) in [5.74, 6) is -1.69. The minimum atomic E-state index is -3.77. The second-order valence-electron chi connectivity index (χ2n) is 4.90. The molecular weight excluding hydrogens is 260 g/mol. The average molecular weight is 275 g/mol. The van der Waals surface area contributed by atoms with Crippen LogP contribution in [-0.2, 0) is 15.4 Å². The minimum Gasteiger partial charge on any atom is -0.321 e. The Bertz CT molecular complexity index is 578. The van der Waals surface area contributed by atoms with Crippen molar-refractivity contribution >= 4 is 9.84 Å². The molecule has 2 rings (SSSR count). The van der Waals surface area contributed by atoms with Gasteiger partial charge in [0.05, 0.1) is 0 Å². The molecule has 1 aromatic rings. The van der Waals surface area contributed by atoms with Gasteiger partial charge >= 0.3 is 0 Å². The van der Waals surface area contributed by atoms with Crippen molar-refractivity contribution in [3.05, 3.63) is 29.3 Å². The van der Waals surface area contributed by atoms with Gasteiger partial charge in [-0.3, -0.25) is 0 Å². The molecule has 0 radical (unpaired) electrons. The molecule has 0 saturated heterocycles. The molecule has 0 amide bonds. The summed E-state index contributed by atoms with van der Waals surface area (Å²) in [5.41, 5.74) is 5.25. The van der Waals surface area contributed by atoms with Crippen molar-refractivity contribution in [2.24, 2.45) is 5.73 Å². The van der Waals surface area contributed by atoms with E-state index in [0.29, 0.717) is 12.8 Å². The highest BCUT2D eigenvalue weighted by atomic mass is 32.2. The lowest BCUT2D eigenvalue weighted by Crippen LogP contribution is -2.34. The number of halogens is 2. The smallest absolute Gasteiger partial charge is 0.178 e. The van der Waals surface area contributed by atoms with E-state index in [9.17, 15) is 17.2 Å². The average Bonchev–Trinajstić information content (AvgIpc) is 2.67. The van der Waals surface area contributed by atoms with E-state index in [0.717, 1.165) is 31.2 Å². The lowest BCUT2D eigenvalue weighted by Gasteiger charge is -2.25. The van der Waals surface area contributed by atoms with Gasteiger partial charge < -0.3 is 5.73 Å². The van der Waals surface area contributed by atoms with Gasteiger partial charge in [0.25, 0.3) is 0 Å². The highest BCUT2D eigenvalue weighted by Gasteiger charge is 2.35. The number of hydrogen-bond donors (Lipinski definition) is 1. The van der Waals surface area contributed by atoms with Crippen LogP contribution in [0, 0.1) is 11.6 Å². The molecule has 1 aliphatic carbocycles. The summed E-state index contributed by atoms with van der Waals surface area (Å²) in [7, 11) is -3.77. The largest absolute Gasteiger partial charge is 0.321 e. The maximum absolute atomic E-state index is 13.9. The second-order valence-corrected chi connectivity index (χ2v) is 6.88. The first-order chi connectivity index (χ1) is 8.24. The van der Waals surface area contributed by atoms with Crippen LogP contribution in [0.2, 0.25) is 0 Å². The first-order valence-corrected chi connectivity index (χ1v) is 7.62. The van der Waals surface area contributed by atoms with Gasteiger partial charge in [0, 0.05) is 17.4 Å². The number of benzene rings is 1. The van der Waals surface area contributed by atoms with Gasteiger partial charge in [-0.05, 0) is 25.0 Å². The van der Waals surface area contributed by atoms with E-state index >= 15 is 0 Å². The highest BCUT2D eigenvalue weighted by molar-refractivity contribution is 7.90. The quantitative estimate of drug-likeness (QED) is 0.899. The van der Waals surface area contributed by atoms with Crippen molar-refractivity contribution in [2.75, 3.05) is 6.26 Å². The number of hydrogen-bond acceptors (Lipinski definition) is 3. The van der Waals surface area contributed by atoms with E-state index in [1.807, 2.05) is 0 Å². The number of rotatable bonds is 2. The van der Waals surface area contributed by atoms with Crippen molar-refractivity contribution in [2.45, 2.75) is 36.1 Å². The van der Waals surface area contributed by atoms with Crippen LogP contribution in [-0.4, -0.2) is 14.7 Å². The molecule has 0 aromatic heterocycles. The monoisotopic (exact) mass is 275 g/mol. The molecule has 2 N–H and O–H groups in total. The molecule has 1 saturated carbocycles. The predicted octanol–water partition coefficient (Wildman–Crippen LogP) is 2.10. The second kappa shape index (κ2) is 4.28. The van der Waals surface area contributed by atoms with Crippen LogP contribution in [0.1, 0.15) is 31.2 Å². The molecule has 100 valence electrons. The molecule has 0 heterocycles. The summed E-state index contributed by atoms with van der Waals surface area (Å²) in [6.45, 7) is 0. The Hall–Kier alpha value is -1.01. The van der Waals surface area contributed by atoms with Crippen molar-refractivity contribution in [1.29, 1.82) is 0 Å². The molecule has 0 atom stereocenters. The molecule has 1 fully saturated rings. The number of sulfone groups is 1. The van der Waals surface area contributed by atoms with Gasteiger partial charge in [0.15, 0.2) is 9.84 Å². The van der Waals surface area contributed by atoms with Gasteiger partial charge in [-0.2, -0.15) is 0 Å². The van der Waals surface area contributed by atoms with E-state index in [1.54, 1.807) is 0 Å². The van der Waals surface area contributed by atoms with Crippen molar-refractivity contribution < 1.29 is 17.2 Å². The fourth-order valence-corrected chi connectivity index (χ4v) is 3.20. The predicted molar refractivity (Wildman–Crippen MR) is 63.8 cm³/mol. The Balaban J connectivity index is 2.56. The van der Waals surface area contributed by atoms with E-state index in [-0.39, 0.29) is 5.56 Å². The van der Waals surface area contributed by atoms with Gasteiger partial charge in [0.1, 0.15) is 16.5 Å². The zero-order chi connectivity index (χ0) is 13.6. The van der Waals surface area contributed by atoms with Gasteiger partial charge in [-0.25, -0.2) is 17.2 Å². The van der Waals surface area contributed by atoms with Crippen molar-refractivity contribution in [1.82, 2.24) is 0 Å². The summed E-state index contributed by atoms with van der Waals surface area (Å²) in [4.78, 5) is -0.620. The van der Waals surface area contributed by atoms with Crippen molar-refractivity contribution in [3.8, 4) is 0 Å². The molecule has 18 heavy (non-hydrogen) atoms. The van der Waals surface area contributed by atoms with Crippen LogP contribution < -0.4 is 5.73 Å². The van der Waals surface area contributed by atoms with Gasteiger partial charge in [0.2, 0.25) is 0 Å². The molecule has 6 heteroatoms. The fraction of sp³-hybridized carbons (Fsp3) is 0.500. The maximum Gasteiger partial charge on any atom is 0.178 e. The third-order valence-electron chi connectivity index (χ3n) is 3.45. The zero-order valence-corrected chi connectivity index (χ0v) is 10.9. The van der Waals surface area contributed by atoms with Crippen LogP contribution in [0.25, 0.3) is 0 Å². The topological polar surface area (TPSA) is 60.2 Å². The standard InChI is InChI=1S/C12H15F2NO2S/c1-18(16,17)11-7-9(13)8(6-10(11)14)12(15)4-2-3-5-12/h6-7H,2-5,15H2,1H3. The molecule has 0 aliphatic heterocycles. The Morgan fingerprint density at radius 2 is 1.72 bits per heavy atom. The Morgan fingerprint density at radius 3 is 2.22 bits per heavy atom. The summed E-state index contributed by atoms with van der Waals surface area (Å²) in [6, 6.07) is 1.66. The van der Waals surface area contributed by atoms with Crippen LogP contribution in [0.5, 0.6) is 0 Å². The summed E-state index contributed by atoms with van der Waals surface area (Å²) >= 11 is 0. The Morgan fingerprint density at radius 1 is 1.17 bits per heavy atom. The molecule has 1 aromatic carbocycles. The summed E-state index contributed by atoms with van der Waals surface area (Å²) in [6.07, 6.45) is 3.75. The molecule has 3 nitrogen and oxygen atoms in total. The van der Waals surface area contributed by atoms with Crippen LogP contribution in [0.15, 0.2) is 17.0 Å². The zero-order valence-electron chi connectivity index (χ0n) is 10.0. The van der Waals surface area contributed by atoms with E-state index < -0.39 is 31.9 Å². The molecular formula is C12H15F2NO2S. The molecule has 1 aliphatic rings. The SMILES string of the molecule is CS(=O)(=O)c1cc(F)c(C2(N)CCCC2)cc1F.